The summed E-state index contributed by atoms with van der Waals surface area (Å²) in [5, 5.41) is 0. The topological polar surface area (TPSA) is 79.1 Å². The number of ether oxygens (including phenoxy) is 2. The number of hydrogen-bond acceptors (Lipinski definition) is 6. The van der Waals surface area contributed by atoms with Gasteiger partial charge in [-0.1, -0.05) is 55.8 Å². The first-order valence-corrected chi connectivity index (χ1v) is 10.7. The van der Waals surface area contributed by atoms with Crippen LogP contribution in [-0.2, 0) is 17.7 Å². The van der Waals surface area contributed by atoms with Gasteiger partial charge in [-0.2, -0.15) is 4.98 Å². The molecule has 2 aromatic heterocycles. The Hall–Kier alpha value is -3.74. The summed E-state index contributed by atoms with van der Waals surface area (Å²) in [6, 6.07) is 15.6. The monoisotopic (exact) mass is 430 g/mol. The summed E-state index contributed by atoms with van der Waals surface area (Å²) >= 11 is 0. The van der Waals surface area contributed by atoms with Crippen molar-refractivity contribution < 1.29 is 14.3 Å². The van der Waals surface area contributed by atoms with E-state index in [0.29, 0.717) is 23.5 Å². The summed E-state index contributed by atoms with van der Waals surface area (Å²) in [7, 11) is 2.99. The number of methoxy groups -OCH3 is 2. The molecule has 4 rings (SSSR count). The fourth-order valence-corrected chi connectivity index (χ4v) is 3.80. The third kappa shape index (κ3) is 4.19. The van der Waals surface area contributed by atoms with Crippen LogP contribution in [0.5, 0.6) is 5.88 Å². The summed E-state index contributed by atoms with van der Waals surface area (Å²) in [6.45, 7) is 2.80. The number of esters is 1. The molecule has 2 heterocycles. The Morgan fingerprint density at radius 2 is 1.81 bits per heavy atom. The lowest BCUT2D eigenvalue weighted by molar-refractivity contribution is 0.0601. The van der Waals surface area contributed by atoms with Crippen molar-refractivity contribution >= 4 is 17.1 Å². The molecule has 0 aliphatic rings. The second-order valence-electron chi connectivity index (χ2n) is 7.51. The Morgan fingerprint density at radius 1 is 1.03 bits per heavy atom. The fourth-order valence-electron chi connectivity index (χ4n) is 3.80. The predicted octanol–water partition coefficient (Wildman–Crippen LogP) is 4.68. The van der Waals surface area contributed by atoms with Crippen LogP contribution in [0.1, 0.15) is 41.5 Å². The minimum atomic E-state index is -0.344. The van der Waals surface area contributed by atoms with Gasteiger partial charge in [-0.3, -0.25) is 0 Å². The van der Waals surface area contributed by atoms with Gasteiger partial charge in [-0.05, 0) is 29.2 Å². The van der Waals surface area contributed by atoms with Gasteiger partial charge in [0.15, 0.2) is 11.2 Å². The first kappa shape index (κ1) is 21.5. The van der Waals surface area contributed by atoms with Crippen molar-refractivity contribution in [2.75, 3.05) is 14.2 Å². The molecule has 0 unspecified atom stereocenters. The molecule has 164 valence electrons. The SMILES string of the molecule is CCCCc1nc2c(OC)ncnc2n1Cc1ccc(-c2ccccc2C(=O)OC)cc1. The van der Waals surface area contributed by atoms with Crippen LogP contribution >= 0.6 is 0 Å². The second-order valence-corrected chi connectivity index (χ2v) is 7.51. The van der Waals surface area contributed by atoms with Gasteiger partial charge in [0.05, 0.1) is 26.3 Å². The van der Waals surface area contributed by atoms with Gasteiger partial charge in [0, 0.05) is 6.42 Å². The van der Waals surface area contributed by atoms with Crippen LogP contribution in [0.3, 0.4) is 0 Å². The summed E-state index contributed by atoms with van der Waals surface area (Å²) in [4.78, 5) is 25.6. The lowest BCUT2D eigenvalue weighted by Crippen LogP contribution is -2.06. The highest BCUT2D eigenvalue weighted by molar-refractivity contribution is 5.97. The van der Waals surface area contributed by atoms with E-state index < -0.39 is 0 Å². The van der Waals surface area contributed by atoms with Gasteiger partial charge < -0.3 is 14.0 Å². The number of carbonyl (C=O) groups is 1. The lowest BCUT2D eigenvalue weighted by Gasteiger charge is -2.11. The van der Waals surface area contributed by atoms with E-state index in [2.05, 4.69) is 33.6 Å². The predicted molar refractivity (Wildman–Crippen MR) is 123 cm³/mol. The minimum absolute atomic E-state index is 0.344. The molecule has 0 spiro atoms. The molecule has 32 heavy (non-hydrogen) atoms. The molecule has 7 heteroatoms. The maximum Gasteiger partial charge on any atom is 0.338 e. The highest BCUT2D eigenvalue weighted by Gasteiger charge is 2.17. The Bertz CT molecular complexity index is 1230. The van der Waals surface area contributed by atoms with E-state index >= 15 is 0 Å². The van der Waals surface area contributed by atoms with Gasteiger partial charge in [-0.25, -0.2) is 14.8 Å². The number of imidazole rings is 1. The van der Waals surface area contributed by atoms with Crippen LogP contribution in [-0.4, -0.2) is 39.7 Å². The molecule has 0 N–H and O–H groups in total. The number of rotatable bonds is 8. The molecule has 0 aliphatic carbocycles. The third-order valence-corrected chi connectivity index (χ3v) is 5.46. The van der Waals surface area contributed by atoms with E-state index in [-0.39, 0.29) is 5.97 Å². The van der Waals surface area contributed by atoms with Crippen LogP contribution in [0, 0.1) is 0 Å². The van der Waals surface area contributed by atoms with Crippen molar-refractivity contribution in [2.24, 2.45) is 0 Å². The van der Waals surface area contributed by atoms with Crippen LogP contribution in [0.2, 0.25) is 0 Å². The van der Waals surface area contributed by atoms with Crippen molar-refractivity contribution in [3.63, 3.8) is 0 Å². The Kier molecular flexibility index (Phi) is 6.44. The molecule has 0 aliphatic heterocycles. The number of nitrogens with zero attached hydrogens (tertiary/aromatic N) is 4. The average Bonchev–Trinajstić information content (AvgIpc) is 3.20. The largest absolute Gasteiger partial charge is 0.479 e. The number of aromatic nitrogens is 4. The highest BCUT2D eigenvalue weighted by Crippen LogP contribution is 2.27. The first-order chi connectivity index (χ1) is 15.7. The summed E-state index contributed by atoms with van der Waals surface area (Å²) < 4.78 is 12.4. The standard InChI is InChI=1S/C25H26N4O3/c1-4-5-10-21-28-22-23(26-16-27-24(22)31-2)29(21)15-17-11-13-18(14-12-17)19-8-6-7-9-20(19)25(30)32-3/h6-9,11-14,16H,4-5,10,15H2,1-3H3. The van der Waals surface area contributed by atoms with Crippen molar-refractivity contribution in [1.29, 1.82) is 0 Å². The maximum absolute atomic E-state index is 12.1. The zero-order chi connectivity index (χ0) is 22.5. The van der Waals surface area contributed by atoms with Crippen LogP contribution in [0.15, 0.2) is 54.9 Å². The second kappa shape index (κ2) is 9.60. The zero-order valence-electron chi connectivity index (χ0n) is 18.5. The fraction of sp³-hybridized carbons (Fsp3) is 0.280. The average molecular weight is 431 g/mol. The normalized spacial score (nSPS) is 11.0. The van der Waals surface area contributed by atoms with Crippen molar-refractivity contribution in [1.82, 2.24) is 19.5 Å². The van der Waals surface area contributed by atoms with E-state index in [1.807, 2.05) is 30.3 Å². The van der Waals surface area contributed by atoms with Crippen molar-refractivity contribution in [2.45, 2.75) is 32.7 Å². The molecular weight excluding hydrogens is 404 g/mol. The van der Waals surface area contributed by atoms with Crippen LogP contribution in [0.4, 0.5) is 0 Å². The first-order valence-electron chi connectivity index (χ1n) is 10.7. The maximum atomic E-state index is 12.1. The number of aryl methyl sites for hydroxylation is 1. The molecule has 0 bridgehead atoms. The van der Waals surface area contributed by atoms with E-state index in [4.69, 9.17) is 14.5 Å². The van der Waals surface area contributed by atoms with Gasteiger partial charge in [0.2, 0.25) is 5.88 Å². The Morgan fingerprint density at radius 3 is 2.53 bits per heavy atom. The highest BCUT2D eigenvalue weighted by atomic mass is 16.5. The molecule has 0 fully saturated rings. The number of carbonyl (C=O) groups excluding carboxylic acids is 1. The molecule has 0 radical (unpaired) electrons. The van der Waals surface area contributed by atoms with Crippen LogP contribution < -0.4 is 4.74 Å². The molecule has 7 nitrogen and oxygen atoms in total. The molecule has 0 atom stereocenters. The molecule has 0 saturated heterocycles. The van der Waals surface area contributed by atoms with E-state index in [1.165, 1.54) is 13.4 Å². The molecule has 0 amide bonds. The summed E-state index contributed by atoms with van der Waals surface area (Å²) in [5.74, 6) is 1.12. The smallest absolute Gasteiger partial charge is 0.338 e. The molecule has 2 aromatic carbocycles. The van der Waals surface area contributed by atoms with E-state index in [0.717, 1.165) is 47.4 Å². The lowest BCUT2D eigenvalue weighted by atomic mass is 9.98. The molecule has 4 aromatic rings. The van der Waals surface area contributed by atoms with Gasteiger partial charge in [-0.15, -0.1) is 0 Å². The number of fused-ring (bicyclic) bond motifs is 1. The van der Waals surface area contributed by atoms with Crippen molar-refractivity contribution in [3.05, 3.63) is 71.8 Å². The van der Waals surface area contributed by atoms with Crippen LogP contribution in [0.25, 0.3) is 22.3 Å². The van der Waals surface area contributed by atoms with Crippen molar-refractivity contribution in [3.8, 4) is 17.0 Å². The minimum Gasteiger partial charge on any atom is -0.479 e. The zero-order valence-corrected chi connectivity index (χ0v) is 18.5. The summed E-state index contributed by atoms with van der Waals surface area (Å²) in [6.07, 6.45) is 4.50. The van der Waals surface area contributed by atoms with E-state index in [9.17, 15) is 4.79 Å². The Labute approximate surface area is 187 Å². The molecular formula is C25H26N4O3. The quantitative estimate of drug-likeness (QED) is 0.378. The number of unbranched alkanes of at least 4 members (excludes halogenated alkanes) is 1. The van der Waals surface area contributed by atoms with E-state index in [1.54, 1.807) is 13.2 Å². The Balaban J connectivity index is 1.68. The third-order valence-electron chi connectivity index (χ3n) is 5.46. The van der Waals surface area contributed by atoms with Gasteiger partial charge in [0.25, 0.3) is 0 Å². The summed E-state index contributed by atoms with van der Waals surface area (Å²) in [5.41, 5.74) is 4.92. The van der Waals surface area contributed by atoms with Gasteiger partial charge in [0.1, 0.15) is 12.2 Å². The number of benzene rings is 2. The molecule has 0 saturated carbocycles. The number of hydrogen-bond donors (Lipinski definition) is 0. The van der Waals surface area contributed by atoms with Gasteiger partial charge >= 0.3 is 5.97 Å².